The van der Waals surface area contributed by atoms with Crippen molar-refractivity contribution in [2.24, 2.45) is 17.6 Å². The summed E-state index contributed by atoms with van der Waals surface area (Å²) in [5.74, 6) is 2.39. The van der Waals surface area contributed by atoms with Crippen LogP contribution in [0.5, 0.6) is 5.75 Å². The molecule has 0 aliphatic heterocycles. The van der Waals surface area contributed by atoms with Gasteiger partial charge in [0, 0.05) is 25.3 Å². The summed E-state index contributed by atoms with van der Waals surface area (Å²) in [6, 6.07) is 8.23. The van der Waals surface area contributed by atoms with Crippen LogP contribution >= 0.6 is 0 Å². The Morgan fingerprint density at radius 2 is 2.00 bits per heavy atom. The monoisotopic (exact) mass is 278 g/mol. The molecule has 3 heteroatoms. The normalized spacial score (nSPS) is 12.5. The van der Waals surface area contributed by atoms with Crippen molar-refractivity contribution in [3.63, 3.8) is 0 Å². The van der Waals surface area contributed by atoms with Crippen LogP contribution in [0.15, 0.2) is 24.3 Å². The molecule has 0 saturated carbocycles. The minimum Gasteiger partial charge on any atom is -0.497 e. The van der Waals surface area contributed by atoms with Gasteiger partial charge in [0.15, 0.2) is 0 Å². The zero-order valence-electron chi connectivity index (χ0n) is 13.4. The smallest absolute Gasteiger partial charge is 0.120 e. The zero-order valence-corrected chi connectivity index (χ0v) is 13.4. The Bertz CT molecular complexity index is 379. The lowest BCUT2D eigenvalue weighted by atomic mass is 9.88. The van der Waals surface area contributed by atoms with E-state index in [9.17, 15) is 0 Å². The van der Waals surface area contributed by atoms with E-state index < -0.39 is 0 Å². The van der Waals surface area contributed by atoms with Crippen LogP contribution < -0.4 is 15.4 Å². The summed E-state index contributed by atoms with van der Waals surface area (Å²) >= 11 is 0. The van der Waals surface area contributed by atoms with Gasteiger partial charge in [-0.2, -0.15) is 0 Å². The molecule has 1 rings (SSSR count). The van der Waals surface area contributed by atoms with Crippen LogP contribution in [0.1, 0.15) is 33.1 Å². The Balaban J connectivity index is 2.43. The van der Waals surface area contributed by atoms with Gasteiger partial charge >= 0.3 is 0 Å². The number of nitrogens with zero attached hydrogens (tertiary/aromatic N) is 1. The lowest BCUT2D eigenvalue weighted by Gasteiger charge is -2.23. The van der Waals surface area contributed by atoms with Gasteiger partial charge in [0.1, 0.15) is 5.75 Å². The molecule has 1 aromatic carbocycles. The molecule has 114 valence electrons. The quantitative estimate of drug-likeness (QED) is 0.751. The number of ether oxygens (including phenoxy) is 1. The third-order valence-electron chi connectivity index (χ3n) is 4.04. The summed E-state index contributed by atoms with van der Waals surface area (Å²) in [6.45, 7) is 6.47. The molecule has 0 aromatic heterocycles. The van der Waals surface area contributed by atoms with Gasteiger partial charge in [-0.3, -0.25) is 0 Å². The Kier molecular flexibility index (Phi) is 7.45. The minimum absolute atomic E-state index is 0.723. The van der Waals surface area contributed by atoms with Gasteiger partial charge in [0.25, 0.3) is 0 Å². The van der Waals surface area contributed by atoms with Gasteiger partial charge in [0.2, 0.25) is 0 Å². The fourth-order valence-electron chi connectivity index (χ4n) is 2.59. The van der Waals surface area contributed by atoms with Crippen LogP contribution in [-0.4, -0.2) is 27.2 Å². The molecule has 3 nitrogen and oxygen atoms in total. The van der Waals surface area contributed by atoms with E-state index in [1.807, 2.05) is 12.1 Å². The maximum absolute atomic E-state index is 5.70. The summed E-state index contributed by atoms with van der Waals surface area (Å²) in [6.07, 6.45) is 3.60. The Hall–Kier alpha value is -1.22. The second kappa shape index (κ2) is 8.85. The van der Waals surface area contributed by atoms with Crippen molar-refractivity contribution >= 4 is 5.69 Å². The Labute approximate surface area is 124 Å². The second-order valence-corrected chi connectivity index (χ2v) is 5.85. The Morgan fingerprint density at radius 3 is 2.60 bits per heavy atom. The number of hydrogen-bond acceptors (Lipinski definition) is 3. The van der Waals surface area contributed by atoms with Crippen LogP contribution in [0.4, 0.5) is 5.69 Å². The first-order valence-electron chi connectivity index (χ1n) is 7.63. The molecule has 0 aliphatic carbocycles. The molecule has 0 saturated heterocycles. The molecule has 0 fully saturated rings. The second-order valence-electron chi connectivity index (χ2n) is 5.85. The van der Waals surface area contributed by atoms with Gasteiger partial charge in [0.05, 0.1) is 7.11 Å². The lowest BCUT2D eigenvalue weighted by molar-refractivity contribution is 0.334. The molecule has 2 N–H and O–H groups in total. The van der Waals surface area contributed by atoms with Gasteiger partial charge in [-0.1, -0.05) is 19.9 Å². The van der Waals surface area contributed by atoms with E-state index in [1.54, 1.807) is 7.11 Å². The predicted octanol–water partition coefficient (Wildman–Crippen LogP) is 3.53. The summed E-state index contributed by atoms with van der Waals surface area (Å²) in [4.78, 5) is 2.29. The first-order chi connectivity index (χ1) is 9.58. The maximum atomic E-state index is 5.70. The van der Waals surface area contributed by atoms with E-state index in [0.717, 1.165) is 37.1 Å². The first-order valence-corrected chi connectivity index (χ1v) is 7.63. The van der Waals surface area contributed by atoms with Gasteiger partial charge < -0.3 is 15.4 Å². The van der Waals surface area contributed by atoms with E-state index in [-0.39, 0.29) is 0 Å². The van der Waals surface area contributed by atoms with Crippen LogP contribution in [-0.2, 0) is 0 Å². The number of benzene rings is 1. The van der Waals surface area contributed by atoms with E-state index in [0.29, 0.717) is 0 Å². The minimum atomic E-state index is 0.723. The molecule has 1 atom stereocenters. The lowest BCUT2D eigenvalue weighted by Crippen LogP contribution is -2.21. The largest absolute Gasteiger partial charge is 0.497 e. The SMILES string of the molecule is COc1cccc(N(C)CCCC(CCN)C(C)C)c1. The summed E-state index contributed by atoms with van der Waals surface area (Å²) in [5.41, 5.74) is 6.91. The number of nitrogens with two attached hydrogens (primary N) is 1. The third-order valence-corrected chi connectivity index (χ3v) is 4.04. The molecule has 0 aliphatic rings. The molecular weight excluding hydrogens is 248 g/mol. The molecule has 1 aromatic rings. The van der Waals surface area contributed by atoms with E-state index >= 15 is 0 Å². The van der Waals surface area contributed by atoms with Crippen LogP contribution in [0, 0.1) is 11.8 Å². The first kappa shape index (κ1) is 16.8. The fourth-order valence-corrected chi connectivity index (χ4v) is 2.59. The van der Waals surface area contributed by atoms with Gasteiger partial charge in [-0.15, -0.1) is 0 Å². The van der Waals surface area contributed by atoms with E-state index in [2.05, 4.69) is 37.9 Å². The highest BCUT2D eigenvalue weighted by Gasteiger charge is 2.12. The van der Waals surface area contributed by atoms with Crippen LogP contribution in [0.3, 0.4) is 0 Å². The molecule has 20 heavy (non-hydrogen) atoms. The molecule has 0 spiro atoms. The highest BCUT2D eigenvalue weighted by atomic mass is 16.5. The molecule has 0 radical (unpaired) electrons. The molecular formula is C17H30N2O. The topological polar surface area (TPSA) is 38.5 Å². The van der Waals surface area contributed by atoms with Crippen molar-refractivity contribution in [3.05, 3.63) is 24.3 Å². The number of hydrogen-bond donors (Lipinski definition) is 1. The van der Waals surface area contributed by atoms with Crippen molar-refractivity contribution in [2.45, 2.75) is 33.1 Å². The van der Waals surface area contributed by atoms with E-state index in [1.165, 1.54) is 18.5 Å². The average molecular weight is 278 g/mol. The van der Waals surface area contributed by atoms with E-state index in [4.69, 9.17) is 10.5 Å². The summed E-state index contributed by atoms with van der Waals surface area (Å²) < 4.78 is 5.27. The van der Waals surface area contributed by atoms with Gasteiger partial charge in [-0.05, 0) is 49.8 Å². The molecule has 0 amide bonds. The number of rotatable bonds is 9. The predicted molar refractivity (Wildman–Crippen MR) is 87.5 cm³/mol. The zero-order chi connectivity index (χ0) is 15.0. The summed E-state index contributed by atoms with van der Waals surface area (Å²) in [5, 5.41) is 0. The van der Waals surface area contributed by atoms with Gasteiger partial charge in [-0.25, -0.2) is 0 Å². The number of methoxy groups -OCH3 is 1. The number of anilines is 1. The van der Waals surface area contributed by atoms with Crippen molar-refractivity contribution in [3.8, 4) is 5.75 Å². The fraction of sp³-hybridized carbons (Fsp3) is 0.647. The highest BCUT2D eigenvalue weighted by molar-refractivity contribution is 5.49. The van der Waals surface area contributed by atoms with Crippen LogP contribution in [0.2, 0.25) is 0 Å². The maximum Gasteiger partial charge on any atom is 0.120 e. The van der Waals surface area contributed by atoms with Crippen molar-refractivity contribution in [1.82, 2.24) is 0 Å². The Morgan fingerprint density at radius 1 is 1.25 bits per heavy atom. The molecule has 0 bridgehead atoms. The van der Waals surface area contributed by atoms with Crippen molar-refractivity contribution < 1.29 is 4.74 Å². The molecule has 1 unspecified atom stereocenters. The summed E-state index contributed by atoms with van der Waals surface area (Å²) in [7, 11) is 3.85. The standard InChI is InChI=1S/C17H30N2O/c1-14(2)15(10-11-18)7-6-12-19(3)16-8-5-9-17(13-16)20-4/h5,8-9,13-15H,6-7,10-12,18H2,1-4H3. The molecule has 0 heterocycles. The van der Waals surface area contributed by atoms with Crippen molar-refractivity contribution in [2.75, 3.05) is 32.1 Å². The van der Waals surface area contributed by atoms with Crippen LogP contribution in [0.25, 0.3) is 0 Å². The average Bonchev–Trinajstić information content (AvgIpc) is 2.46. The highest BCUT2D eigenvalue weighted by Crippen LogP contribution is 2.23. The third kappa shape index (κ3) is 5.41. The van der Waals surface area contributed by atoms with Crippen molar-refractivity contribution in [1.29, 1.82) is 0 Å².